The summed E-state index contributed by atoms with van der Waals surface area (Å²) in [4.78, 5) is 0. The lowest BCUT2D eigenvalue weighted by Crippen LogP contribution is -2.58. The molecule has 0 spiro atoms. The summed E-state index contributed by atoms with van der Waals surface area (Å²) in [5.74, 6) is 1.66. The van der Waals surface area contributed by atoms with Gasteiger partial charge < -0.3 is 19.9 Å². The first-order chi connectivity index (χ1) is 15.5. The molecule has 1 unspecified atom stereocenters. The Hall–Kier alpha value is -2.82. The van der Waals surface area contributed by atoms with E-state index in [4.69, 9.17) is 9.47 Å². The summed E-state index contributed by atoms with van der Waals surface area (Å²) < 4.78 is 10.7. The second-order valence-electron chi connectivity index (χ2n) is 8.90. The van der Waals surface area contributed by atoms with E-state index in [0.717, 1.165) is 28.2 Å². The van der Waals surface area contributed by atoms with Crippen LogP contribution in [0.3, 0.4) is 0 Å². The third-order valence-corrected chi connectivity index (χ3v) is 7.22. The van der Waals surface area contributed by atoms with Gasteiger partial charge in [0.05, 0.1) is 19.8 Å². The number of hydrogen-bond donors (Lipinski definition) is 2. The third-order valence-electron chi connectivity index (χ3n) is 7.22. The highest BCUT2D eigenvalue weighted by Gasteiger charge is 2.51. The van der Waals surface area contributed by atoms with Gasteiger partial charge in [-0.05, 0) is 41.0 Å². The number of hydrogen-bond acceptors (Lipinski definition) is 4. The average Bonchev–Trinajstić information content (AvgIpc) is 2.84. The second-order valence-corrected chi connectivity index (χ2v) is 8.90. The van der Waals surface area contributed by atoms with Crippen molar-refractivity contribution in [3.63, 3.8) is 0 Å². The molecule has 1 aliphatic rings. The van der Waals surface area contributed by atoms with Crippen LogP contribution in [0, 0.1) is 11.8 Å². The quantitative estimate of drug-likeness (QED) is 0.553. The number of nitrogens with one attached hydrogen (secondary N) is 1. The molecular formula is C28H33NO3. The Morgan fingerprint density at radius 1 is 0.719 bits per heavy atom. The molecule has 3 aromatic carbocycles. The van der Waals surface area contributed by atoms with Gasteiger partial charge in [0.2, 0.25) is 0 Å². The normalized spacial score (nSPS) is 27.7. The minimum Gasteiger partial charge on any atom is -0.497 e. The fourth-order valence-corrected chi connectivity index (χ4v) is 5.11. The van der Waals surface area contributed by atoms with Crippen molar-refractivity contribution < 1.29 is 14.6 Å². The van der Waals surface area contributed by atoms with E-state index in [1.54, 1.807) is 14.2 Å². The Bertz CT molecular complexity index is 942. The Kier molecular flexibility index (Phi) is 6.54. The first kappa shape index (κ1) is 22.4. The molecule has 0 aliphatic carbocycles. The number of rotatable bonds is 6. The van der Waals surface area contributed by atoms with Crippen molar-refractivity contribution in [3.05, 3.63) is 95.6 Å². The van der Waals surface area contributed by atoms with E-state index in [2.05, 4.69) is 55.6 Å². The van der Waals surface area contributed by atoms with Crippen LogP contribution in [0.1, 0.15) is 42.6 Å². The molecule has 4 rings (SSSR count). The standard InChI is InChI=1S/C28H33NO3/c1-19-26(22-10-14-24(31-3)15-11-22)29-27(23-12-16-25(32-4)17-13-23)20(2)28(19,30)18-21-8-6-5-7-9-21/h5-17,19-20,26-27,29-30H,18H2,1-4H3/t19-,20+,26-,27+,28?. The topological polar surface area (TPSA) is 50.7 Å². The van der Waals surface area contributed by atoms with E-state index in [-0.39, 0.29) is 23.9 Å². The first-order valence-corrected chi connectivity index (χ1v) is 11.3. The first-order valence-electron chi connectivity index (χ1n) is 11.3. The summed E-state index contributed by atoms with van der Waals surface area (Å²) in [6, 6.07) is 26.6. The zero-order valence-corrected chi connectivity index (χ0v) is 19.3. The van der Waals surface area contributed by atoms with Gasteiger partial charge in [0.25, 0.3) is 0 Å². The molecule has 1 heterocycles. The molecule has 0 amide bonds. The van der Waals surface area contributed by atoms with Gasteiger partial charge in [0, 0.05) is 30.3 Å². The van der Waals surface area contributed by atoms with E-state index in [1.165, 1.54) is 0 Å². The molecule has 0 aromatic heterocycles. The molecule has 0 bridgehead atoms. The van der Waals surface area contributed by atoms with Crippen molar-refractivity contribution in [2.24, 2.45) is 11.8 Å². The second kappa shape index (κ2) is 9.35. The van der Waals surface area contributed by atoms with Gasteiger partial charge in [0.15, 0.2) is 0 Å². The number of aliphatic hydroxyl groups is 1. The molecule has 1 fully saturated rings. The Morgan fingerprint density at radius 3 is 1.56 bits per heavy atom. The van der Waals surface area contributed by atoms with Gasteiger partial charge >= 0.3 is 0 Å². The molecule has 0 radical (unpaired) electrons. The molecule has 2 N–H and O–H groups in total. The van der Waals surface area contributed by atoms with Crippen LogP contribution in [-0.4, -0.2) is 24.9 Å². The van der Waals surface area contributed by atoms with Crippen molar-refractivity contribution in [2.75, 3.05) is 14.2 Å². The maximum absolute atomic E-state index is 12.2. The van der Waals surface area contributed by atoms with Crippen LogP contribution in [0.4, 0.5) is 0 Å². The predicted octanol–water partition coefficient (Wildman–Crippen LogP) is 5.34. The molecule has 1 saturated heterocycles. The number of piperidine rings is 1. The zero-order valence-electron chi connectivity index (χ0n) is 19.3. The highest BCUT2D eigenvalue weighted by atomic mass is 16.5. The largest absolute Gasteiger partial charge is 0.497 e. The molecule has 32 heavy (non-hydrogen) atoms. The lowest BCUT2D eigenvalue weighted by atomic mass is 9.64. The Balaban J connectivity index is 1.74. The summed E-state index contributed by atoms with van der Waals surface area (Å²) >= 11 is 0. The molecule has 168 valence electrons. The maximum Gasteiger partial charge on any atom is 0.118 e. The van der Waals surface area contributed by atoms with Gasteiger partial charge in [-0.3, -0.25) is 0 Å². The van der Waals surface area contributed by atoms with Crippen LogP contribution < -0.4 is 14.8 Å². The lowest BCUT2D eigenvalue weighted by Gasteiger charge is -2.52. The van der Waals surface area contributed by atoms with Crippen LogP contribution in [-0.2, 0) is 6.42 Å². The molecule has 3 aromatic rings. The summed E-state index contributed by atoms with van der Waals surface area (Å²) in [7, 11) is 3.35. The molecule has 4 nitrogen and oxygen atoms in total. The third kappa shape index (κ3) is 4.25. The van der Waals surface area contributed by atoms with E-state index in [9.17, 15) is 5.11 Å². The molecule has 4 heteroatoms. The minimum absolute atomic E-state index is 0.000555. The maximum atomic E-state index is 12.2. The van der Waals surface area contributed by atoms with Crippen molar-refractivity contribution >= 4 is 0 Å². The molecular weight excluding hydrogens is 398 g/mol. The van der Waals surface area contributed by atoms with Crippen LogP contribution in [0.2, 0.25) is 0 Å². The molecule has 5 atom stereocenters. The zero-order chi connectivity index (χ0) is 22.7. The van der Waals surface area contributed by atoms with Crippen LogP contribution in [0.15, 0.2) is 78.9 Å². The SMILES string of the molecule is COc1ccc([C@H]2N[C@@H](c3ccc(OC)cc3)[C@@H](C)C(O)(Cc3ccccc3)[C@H]2C)cc1. The number of methoxy groups -OCH3 is 2. The van der Waals surface area contributed by atoms with Gasteiger partial charge in [0.1, 0.15) is 11.5 Å². The van der Waals surface area contributed by atoms with Crippen LogP contribution in [0.5, 0.6) is 11.5 Å². The van der Waals surface area contributed by atoms with Gasteiger partial charge in [-0.25, -0.2) is 0 Å². The van der Waals surface area contributed by atoms with Gasteiger partial charge in [-0.15, -0.1) is 0 Å². The smallest absolute Gasteiger partial charge is 0.118 e. The summed E-state index contributed by atoms with van der Waals surface area (Å²) in [5, 5.41) is 16.1. The summed E-state index contributed by atoms with van der Waals surface area (Å²) in [5.41, 5.74) is 2.56. The Morgan fingerprint density at radius 2 is 1.16 bits per heavy atom. The van der Waals surface area contributed by atoms with E-state index in [0.29, 0.717) is 6.42 Å². The highest BCUT2D eigenvalue weighted by Crippen LogP contribution is 2.48. The summed E-state index contributed by atoms with van der Waals surface area (Å²) in [6.07, 6.45) is 0.608. The monoisotopic (exact) mass is 431 g/mol. The average molecular weight is 432 g/mol. The van der Waals surface area contributed by atoms with Crippen LogP contribution >= 0.6 is 0 Å². The highest BCUT2D eigenvalue weighted by molar-refractivity contribution is 5.35. The van der Waals surface area contributed by atoms with Crippen molar-refractivity contribution in [1.82, 2.24) is 5.32 Å². The minimum atomic E-state index is -0.887. The fourth-order valence-electron chi connectivity index (χ4n) is 5.11. The van der Waals surface area contributed by atoms with Gasteiger partial charge in [-0.2, -0.15) is 0 Å². The van der Waals surface area contributed by atoms with Crippen molar-refractivity contribution in [2.45, 2.75) is 38.0 Å². The number of ether oxygens (including phenoxy) is 2. The number of benzene rings is 3. The predicted molar refractivity (Wildman–Crippen MR) is 128 cm³/mol. The molecule has 0 saturated carbocycles. The Labute approximate surface area is 191 Å². The van der Waals surface area contributed by atoms with Crippen molar-refractivity contribution in [3.8, 4) is 11.5 Å². The molecule has 1 aliphatic heterocycles. The van der Waals surface area contributed by atoms with Crippen molar-refractivity contribution in [1.29, 1.82) is 0 Å². The lowest BCUT2D eigenvalue weighted by molar-refractivity contribution is -0.110. The fraction of sp³-hybridized carbons (Fsp3) is 0.357. The van der Waals surface area contributed by atoms with Crippen LogP contribution in [0.25, 0.3) is 0 Å². The van der Waals surface area contributed by atoms with E-state index in [1.807, 2.05) is 42.5 Å². The van der Waals surface area contributed by atoms with E-state index < -0.39 is 5.60 Å². The van der Waals surface area contributed by atoms with Gasteiger partial charge in [-0.1, -0.05) is 68.4 Å². The summed E-state index contributed by atoms with van der Waals surface area (Å²) in [6.45, 7) is 4.32. The van der Waals surface area contributed by atoms with E-state index >= 15 is 0 Å².